The fraction of sp³-hybridized carbons (Fsp3) is 0.375. The third-order valence-corrected chi connectivity index (χ3v) is 5.86. The van der Waals surface area contributed by atoms with Crippen LogP contribution in [0.2, 0.25) is 0 Å². The van der Waals surface area contributed by atoms with Crippen molar-refractivity contribution in [2.24, 2.45) is 5.92 Å². The van der Waals surface area contributed by atoms with E-state index in [0.29, 0.717) is 35.1 Å². The second kappa shape index (κ2) is 5.88. The number of halogens is 1. The highest BCUT2D eigenvalue weighted by Crippen LogP contribution is 2.21. The Hall–Kier alpha value is -2.02. The molecule has 1 saturated heterocycles. The third-order valence-electron chi connectivity index (χ3n) is 4.02. The van der Waals surface area contributed by atoms with Crippen LogP contribution in [0.4, 0.5) is 4.39 Å². The summed E-state index contributed by atoms with van der Waals surface area (Å²) < 4.78 is 36.2. The lowest BCUT2D eigenvalue weighted by molar-refractivity contribution is 0.0950. The molecule has 1 N–H and O–H groups in total. The third kappa shape index (κ3) is 3.50. The van der Waals surface area contributed by atoms with Gasteiger partial charge in [0, 0.05) is 23.7 Å². The molecular formula is C16H17FN2O3S. The lowest BCUT2D eigenvalue weighted by Crippen LogP contribution is -2.30. The van der Waals surface area contributed by atoms with Gasteiger partial charge in [-0.15, -0.1) is 0 Å². The molecule has 1 aliphatic rings. The fourth-order valence-electron chi connectivity index (χ4n) is 2.89. The van der Waals surface area contributed by atoms with Crippen molar-refractivity contribution in [3.8, 4) is 0 Å². The molecule has 1 fully saturated rings. The topological polar surface area (TPSA) is 76.1 Å². The Kier molecular flexibility index (Phi) is 4.06. The van der Waals surface area contributed by atoms with E-state index >= 15 is 0 Å². The molecule has 0 spiro atoms. The van der Waals surface area contributed by atoms with Crippen molar-refractivity contribution in [1.29, 1.82) is 0 Å². The van der Waals surface area contributed by atoms with Crippen molar-refractivity contribution in [3.63, 3.8) is 0 Å². The second-order valence-electron chi connectivity index (χ2n) is 5.95. The zero-order chi connectivity index (χ0) is 16.6. The first kappa shape index (κ1) is 15.9. The van der Waals surface area contributed by atoms with Crippen molar-refractivity contribution in [1.82, 2.24) is 10.3 Å². The molecule has 1 atom stereocenters. The predicted molar refractivity (Wildman–Crippen MR) is 85.5 cm³/mol. The van der Waals surface area contributed by atoms with Gasteiger partial charge in [0.05, 0.1) is 22.6 Å². The summed E-state index contributed by atoms with van der Waals surface area (Å²) in [6, 6.07) is 5.77. The first-order valence-corrected chi connectivity index (χ1v) is 9.22. The molecule has 23 heavy (non-hydrogen) atoms. The Morgan fingerprint density at radius 3 is 2.87 bits per heavy atom. The smallest absolute Gasteiger partial charge is 0.252 e. The maximum atomic E-state index is 13.3. The molecule has 1 unspecified atom stereocenters. The van der Waals surface area contributed by atoms with Crippen molar-refractivity contribution < 1.29 is 17.6 Å². The number of amides is 1. The lowest BCUT2D eigenvalue weighted by Gasteiger charge is -2.12. The van der Waals surface area contributed by atoms with E-state index in [2.05, 4.69) is 10.3 Å². The molecule has 7 heteroatoms. The molecule has 1 aromatic carbocycles. The highest BCUT2D eigenvalue weighted by Gasteiger charge is 2.28. The van der Waals surface area contributed by atoms with E-state index in [1.54, 1.807) is 13.0 Å². The van der Waals surface area contributed by atoms with Crippen molar-refractivity contribution in [2.75, 3.05) is 18.1 Å². The Bertz CT molecular complexity index is 875. The fourth-order valence-corrected chi connectivity index (χ4v) is 4.75. The molecule has 0 aliphatic carbocycles. The zero-order valence-electron chi connectivity index (χ0n) is 12.7. The number of hydrogen-bond acceptors (Lipinski definition) is 4. The molecule has 0 saturated carbocycles. The van der Waals surface area contributed by atoms with Crippen LogP contribution in [0.1, 0.15) is 22.5 Å². The number of sulfone groups is 1. The van der Waals surface area contributed by atoms with Gasteiger partial charge in [0.15, 0.2) is 9.84 Å². The quantitative estimate of drug-likeness (QED) is 0.928. The van der Waals surface area contributed by atoms with Crippen LogP contribution >= 0.6 is 0 Å². The summed E-state index contributed by atoms with van der Waals surface area (Å²) in [7, 11) is -2.96. The van der Waals surface area contributed by atoms with Gasteiger partial charge in [-0.25, -0.2) is 12.8 Å². The standard InChI is InChI=1S/C16H17FN2O3S/c1-10-6-14(13-3-2-12(17)7-15(13)19-10)16(20)18-8-11-4-5-23(21,22)9-11/h2-3,6-7,11H,4-5,8-9H2,1H3,(H,18,20). The van der Waals surface area contributed by atoms with E-state index in [-0.39, 0.29) is 23.3 Å². The second-order valence-corrected chi connectivity index (χ2v) is 8.18. The summed E-state index contributed by atoms with van der Waals surface area (Å²) >= 11 is 0. The van der Waals surface area contributed by atoms with Gasteiger partial charge in [0.2, 0.25) is 0 Å². The largest absolute Gasteiger partial charge is 0.352 e. The molecule has 1 aliphatic heterocycles. The van der Waals surface area contributed by atoms with Crippen LogP contribution in [-0.2, 0) is 9.84 Å². The highest BCUT2D eigenvalue weighted by atomic mass is 32.2. The maximum absolute atomic E-state index is 13.3. The van der Waals surface area contributed by atoms with Crippen molar-refractivity contribution >= 4 is 26.6 Å². The summed E-state index contributed by atoms with van der Waals surface area (Å²) in [5.41, 5.74) is 1.48. The van der Waals surface area contributed by atoms with Crippen LogP contribution in [0, 0.1) is 18.7 Å². The van der Waals surface area contributed by atoms with Crippen LogP contribution < -0.4 is 5.32 Å². The molecule has 2 aromatic rings. The number of carbonyl (C=O) groups is 1. The Morgan fingerprint density at radius 2 is 2.17 bits per heavy atom. The molecule has 1 aromatic heterocycles. The van der Waals surface area contributed by atoms with Crippen molar-refractivity contribution in [3.05, 3.63) is 41.3 Å². The highest BCUT2D eigenvalue weighted by molar-refractivity contribution is 7.91. The number of nitrogens with zero attached hydrogens (tertiary/aromatic N) is 1. The number of nitrogens with one attached hydrogen (secondary N) is 1. The van der Waals surface area contributed by atoms with Gasteiger partial charge in [-0.3, -0.25) is 9.78 Å². The molecule has 0 radical (unpaired) electrons. The summed E-state index contributed by atoms with van der Waals surface area (Å²) in [5.74, 6) is -0.441. The van der Waals surface area contributed by atoms with Gasteiger partial charge in [-0.05, 0) is 37.5 Å². The zero-order valence-corrected chi connectivity index (χ0v) is 13.5. The number of rotatable bonds is 3. The number of carbonyl (C=O) groups excluding carboxylic acids is 1. The van der Waals surface area contributed by atoms with Crippen molar-refractivity contribution in [2.45, 2.75) is 13.3 Å². The minimum atomic E-state index is -2.96. The number of hydrogen-bond donors (Lipinski definition) is 1. The molecule has 0 bridgehead atoms. The number of aromatic nitrogens is 1. The molecule has 3 rings (SSSR count). The molecular weight excluding hydrogens is 319 g/mol. The molecule has 2 heterocycles. The van der Waals surface area contributed by atoms with E-state index in [1.165, 1.54) is 18.2 Å². The first-order chi connectivity index (χ1) is 10.8. The predicted octanol–water partition coefficient (Wildman–Crippen LogP) is 1.85. The molecule has 5 nitrogen and oxygen atoms in total. The minimum absolute atomic E-state index is 0.0457. The SMILES string of the molecule is Cc1cc(C(=O)NCC2CCS(=O)(=O)C2)c2ccc(F)cc2n1. The van der Waals surface area contributed by atoms with Gasteiger partial charge in [-0.2, -0.15) is 0 Å². The average Bonchev–Trinajstić information content (AvgIpc) is 2.82. The monoisotopic (exact) mass is 336 g/mol. The number of pyridine rings is 1. The Morgan fingerprint density at radius 1 is 1.39 bits per heavy atom. The van der Waals surface area contributed by atoms with Crippen LogP contribution in [0.5, 0.6) is 0 Å². The normalized spacial score (nSPS) is 19.8. The summed E-state index contributed by atoms with van der Waals surface area (Å²) in [4.78, 5) is 16.7. The maximum Gasteiger partial charge on any atom is 0.252 e. The van der Waals surface area contributed by atoms with Gasteiger partial charge in [0.1, 0.15) is 5.82 Å². The summed E-state index contributed by atoms with van der Waals surface area (Å²) in [5, 5.41) is 3.37. The number of benzene rings is 1. The first-order valence-electron chi connectivity index (χ1n) is 7.39. The van der Waals surface area contributed by atoms with Crippen LogP contribution in [0.3, 0.4) is 0 Å². The van der Waals surface area contributed by atoms with Crippen LogP contribution in [-0.4, -0.2) is 37.4 Å². The van der Waals surface area contributed by atoms with E-state index < -0.39 is 15.7 Å². The average molecular weight is 336 g/mol. The Labute approximate surface area is 133 Å². The molecule has 1 amide bonds. The number of aryl methyl sites for hydroxylation is 1. The Balaban J connectivity index is 1.81. The lowest BCUT2D eigenvalue weighted by atomic mass is 10.1. The minimum Gasteiger partial charge on any atom is -0.352 e. The van der Waals surface area contributed by atoms with Gasteiger partial charge in [0.25, 0.3) is 5.91 Å². The summed E-state index contributed by atoms with van der Waals surface area (Å²) in [6.45, 7) is 2.06. The van der Waals surface area contributed by atoms with Crippen LogP contribution in [0.15, 0.2) is 24.3 Å². The van der Waals surface area contributed by atoms with Gasteiger partial charge < -0.3 is 5.32 Å². The van der Waals surface area contributed by atoms with E-state index in [1.807, 2.05) is 0 Å². The van der Waals surface area contributed by atoms with E-state index in [4.69, 9.17) is 0 Å². The van der Waals surface area contributed by atoms with Gasteiger partial charge >= 0.3 is 0 Å². The van der Waals surface area contributed by atoms with Crippen LogP contribution in [0.25, 0.3) is 10.9 Å². The molecule has 122 valence electrons. The van der Waals surface area contributed by atoms with E-state index in [9.17, 15) is 17.6 Å². The van der Waals surface area contributed by atoms with Gasteiger partial charge in [-0.1, -0.05) is 0 Å². The number of fused-ring (bicyclic) bond motifs is 1. The van der Waals surface area contributed by atoms with E-state index in [0.717, 1.165) is 0 Å². The summed E-state index contributed by atoms with van der Waals surface area (Å²) in [6.07, 6.45) is 0.573.